The van der Waals surface area contributed by atoms with Crippen molar-refractivity contribution in [2.75, 3.05) is 10.6 Å². The van der Waals surface area contributed by atoms with Gasteiger partial charge in [0.15, 0.2) is 0 Å². The minimum absolute atomic E-state index is 0.246. The Morgan fingerprint density at radius 3 is 2.38 bits per heavy atom. The maximum absolute atomic E-state index is 12.2. The Bertz CT molecular complexity index is 1020. The standard InChI is InChI=1S/C21H23N5O3/c1-14-19(15(2)26(3)25-14)10-11-20(27)23-16-6-8-17(9-7-16)24-21(28)22-13-18-5-4-12-29-18/h4-12H,13H2,1-3H3,(H,23,27)(H2,22,24,28)/b11-10+. The van der Waals surface area contributed by atoms with Crippen LogP contribution >= 0.6 is 0 Å². The van der Waals surface area contributed by atoms with E-state index in [2.05, 4.69) is 21.0 Å². The number of hydrogen-bond acceptors (Lipinski definition) is 4. The Hall–Kier alpha value is -3.81. The van der Waals surface area contributed by atoms with E-state index in [-0.39, 0.29) is 11.9 Å². The monoisotopic (exact) mass is 393 g/mol. The highest BCUT2D eigenvalue weighted by Crippen LogP contribution is 2.15. The number of carbonyl (C=O) groups is 2. The van der Waals surface area contributed by atoms with Crippen LogP contribution in [0.5, 0.6) is 0 Å². The molecule has 1 aromatic carbocycles. The first-order chi connectivity index (χ1) is 13.9. The topological polar surface area (TPSA) is 101 Å². The molecule has 2 aromatic heterocycles. The van der Waals surface area contributed by atoms with Crippen molar-refractivity contribution in [2.45, 2.75) is 20.4 Å². The van der Waals surface area contributed by atoms with E-state index < -0.39 is 0 Å². The minimum atomic E-state index is -0.344. The first kappa shape index (κ1) is 19.9. The summed E-state index contributed by atoms with van der Waals surface area (Å²) in [7, 11) is 1.87. The zero-order valence-corrected chi connectivity index (χ0v) is 16.5. The normalized spacial score (nSPS) is 10.9. The van der Waals surface area contributed by atoms with E-state index >= 15 is 0 Å². The maximum atomic E-state index is 12.2. The molecular formula is C21H23N5O3. The Morgan fingerprint density at radius 1 is 1.10 bits per heavy atom. The number of carbonyl (C=O) groups excluding carboxylic acids is 2. The molecule has 0 aliphatic rings. The van der Waals surface area contributed by atoms with Crippen LogP contribution in [0.15, 0.2) is 53.2 Å². The summed E-state index contributed by atoms with van der Waals surface area (Å²) in [6.07, 6.45) is 4.79. The largest absolute Gasteiger partial charge is 0.467 e. The zero-order valence-electron chi connectivity index (χ0n) is 16.5. The summed E-state index contributed by atoms with van der Waals surface area (Å²) in [5, 5.41) is 12.5. The molecular weight excluding hydrogens is 370 g/mol. The Balaban J connectivity index is 1.51. The molecule has 0 aliphatic heterocycles. The molecule has 0 unspecified atom stereocenters. The van der Waals surface area contributed by atoms with Gasteiger partial charge in [-0.25, -0.2) is 4.79 Å². The molecule has 8 nitrogen and oxygen atoms in total. The van der Waals surface area contributed by atoms with Crippen LogP contribution in [0, 0.1) is 13.8 Å². The molecule has 8 heteroatoms. The number of aromatic nitrogens is 2. The molecule has 0 radical (unpaired) electrons. The molecule has 0 saturated carbocycles. The number of nitrogens with zero attached hydrogens (tertiary/aromatic N) is 2. The highest BCUT2D eigenvalue weighted by molar-refractivity contribution is 6.02. The highest BCUT2D eigenvalue weighted by Gasteiger charge is 2.07. The number of hydrogen-bond donors (Lipinski definition) is 3. The van der Waals surface area contributed by atoms with E-state index in [1.165, 1.54) is 6.08 Å². The summed E-state index contributed by atoms with van der Waals surface area (Å²) < 4.78 is 6.94. The summed E-state index contributed by atoms with van der Waals surface area (Å²) in [5.41, 5.74) is 4.03. The van der Waals surface area contributed by atoms with Crippen LogP contribution in [0.25, 0.3) is 6.08 Å². The van der Waals surface area contributed by atoms with Gasteiger partial charge < -0.3 is 20.4 Å². The molecule has 0 aliphatic carbocycles. The molecule has 3 amide bonds. The van der Waals surface area contributed by atoms with Gasteiger partial charge in [-0.3, -0.25) is 9.48 Å². The SMILES string of the molecule is Cc1nn(C)c(C)c1/C=C/C(=O)Nc1ccc(NC(=O)NCc2ccco2)cc1. The number of benzene rings is 1. The second-order valence-corrected chi connectivity index (χ2v) is 6.50. The van der Waals surface area contributed by atoms with Gasteiger partial charge in [0, 0.05) is 35.8 Å². The van der Waals surface area contributed by atoms with Crippen LogP contribution in [-0.2, 0) is 18.4 Å². The fourth-order valence-electron chi connectivity index (χ4n) is 2.77. The average molecular weight is 393 g/mol. The molecule has 0 fully saturated rings. The third-order valence-electron chi connectivity index (χ3n) is 4.38. The van der Waals surface area contributed by atoms with Gasteiger partial charge in [-0.2, -0.15) is 5.10 Å². The quantitative estimate of drug-likeness (QED) is 0.557. The van der Waals surface area contributed by atoms with Gasteiger partial charge in [0.1, 0.15) is 5.76 Å². The fraction of sp³-hybridized carbons (Fsp3) is 0.190. The van der Waals surface area contributed by atoms with Crippen LogP contribution in [0.4, 0.5) is 16.2 Å². The summed E-state index contributed by atoms with van der Waals surface area (Å²) in [5.74, 6) is 0.424. The lowest BCUT2D eigenvalue weighted by molar-refractivity contribution is -0.111. The average Bonchev–Trinajstić information content (AvgIpc) is 3.29. The van der Waals surface area contributed by atoms with Gasteiger partial charge in [-0.15, -0.1) is 0 Å². The second-order valence-electron chi connectivity index (χ2n) is 6.50. The van der Waals surface area contributed by atoms with Gasteiger partial charge in [0.25, 0.3) is 0 Å². The highest BCUT2D eigenvalue weighted by atomic mass is 16.3. The van der Waals surface area contributed by atoms with E-state index in [4.69, 9.17) is 4.42 Å². The first-order valence-electron chi connectivity index (χ1n) is 9.09. The Morgan fingerprint density at radius 2 is 1.79 bits per heavy atom. The smallest absolute Gasteiger partial charge is 0.319 e. The van der Waals surface area contributed by atoms with Gasteiger partial charge >= 0.3 is 6.03 Å². The van der Waals surface area contributed by atoms with Gasteiger partial charge in [0.2, 0.25) is 5.91 Å². The van der Waals surface area contributed by atoms with E-state index in [1.807, 2.05) is 20.9 Å². The van der Waals surface area contributed by atoms with Crippen molar-refractivity contribution in [3.05, 3.63) is 71.4 Å². The number of furan rings is 1. The van der Waals surface area contributed by atoms with Crippen molar-refractivity contribution in [3.8, 4) is 0 Å². The van der Waals surface area contributed by atoms with Crippen molar-refractivity contribution >= 4 is 29.4 Å². The molecule has 2 heterocycles. The summed E-state index contributed by atoms with van der Waals surface area (Å²) in [6, 6.07) is 10.0. The van der Waals surface area contributed by atoms with Crippen LogP contribution in [0.2, 0.25) is 0 Å². The van der Waals surface area contributed by atoms with Crippen molar-refractivity contribution in [3.63, 3.8) is 0 Å². The predicted octanol–water partition coefficient (Wildman–Crippen LogP) is 3.60. The predicted molar refractivity (Wildman–Crippen MR) is 111 cm³/mol. The third-order valence-corrected chi connectivity index (χ3v) is 4.38. The lowest BCUT2D eigenvalue weighted by Crippen LogP contribution is -2.27. The summed E-state index contributed by atoms with van der Waals surface area (Å²) in [4.78, 5) is 24.1. The number of urea groups is 1. The molecule has 3 rings (SSSR count). The first-order valence-corrected chi connectivity index (χ1v) is 9.09. The van der Waals surface area contributed by atoms with E-state index in [0.717, 1.165) is 17.0 Å². The van der Waals surface area contributed by atoms with Gasteiger partial charge in [-0.1, -0.05) is 0 Å². The summed E-state index contributed by atoms with van der Waals surface area (Å²) in [6.45, 7) is 4.16. The zero-order chi connectivity index (χ0) is 20.8. The number of aryl methyl sites for hydroxylation is 2. The molecule has 3 N–H and O–H groups in total. The minimum Gasteiger partial charge on any atom is -0.467 e. The van der Waals surface area contributed by atoms with Crippen molar-refractivity contribution in [1.82, 2.24) is 15.1 Å². The molecule has 3 aromatic rings. The van der Waals surface area contributed by atoms with Crippen LogP contribution < -0.4 is 16.0 Å². The van der Waals surface area contributed by atoms with E-state index in [1.54, 1.807) is 53.4 Å². The van der Waals surface area contributed by atoms with Crippen LogP contribution in [-0.4, -0.2) is 21.7 Å². The Labute approximate surface area is 168 Å². The number of rotatable bonds is 6. The number of amides is 3. The molecule has 150 valence electrons. The lowest BCUT2D eigenvalue weighted by Gasteiger charge is -2.08. The third kappa shape index (κ3) is 5.35. The molecule has 0 spiro atoms. The fourth-order valence-corrected chi connectivity index (χ4v) is 2.77. The lowest BCUT2D eigenvalue weighted by atomic mass is 10.2. The van der Waals surface area contributed by atoms with E-state index in [0.29, 0.717) is 23.7 Å². The van der Waals surface area contributed by atoms with Crippen molar-refractivity contribution < 1.29 is 14.0 Å². The second kappa shape index (κ2) is 8.92. The van der Waals surface area contributed by atoms with Crippen LogP contribution in [0.3, 0.4) is 0 Å². The molecule has 29 heavy (non-hydrogen) atoms. The van der Waals surface area contributed by atoms with Gasteiger partial charge in [0.05, 0.1) is 18.5 Å². The summed E-state index contributed by atoms with van der Waals surface area (Å²) >= 11 is 0. The molecule has 0 atom stereocenters. The van der Waals surface area contributed by atoms with Crippen molar-refractivity contribution in [1.29, 1.82) is 0 Å². The van der Waals surface area contributed by atoms with Crippen molar-refractivity contribution in [2.24, 2.45) is 7.05 Å². The maximum Gasteiger partial charge on any atom is 0.319 e. The molecule has 0 saturated heterocycles. The van der Waals surface area contributed by atoms with Gasteiger partial charge in [-0.05, 0) is 56.3 Å². The van der Waals surface area contributed by atoms with Crippen LogP contribution in [0.1, 0.15) is 22.7 Å². The molecule has 0 bridgehead atoms. The Kier molecular flexibility index (Phi) is 6.13. The number of nitrogens with one attached hydrogen (secondary N) is 3. The van der Waals surface area contributed by atoms with E-state index in [9.17, 15) is 9.59 Å². The number of anilines is 2.